The van der Waals surface area contributed by atoms with Gasteiger partial charge in [-0.3, -0.25) is 4.79 Å². The number of Topliss-reactive ketones (excluding diaryl/α,β-unsaturated/α-hetero) is 1. The van der Waals surface area contributed by atoms with E-state index in [0.29, 0.717) is 11.3 Å². The third kappa shape index (κ3) is 2.63. The summed E-state index contributed by atoms with van der Waals surface area (Å²) >= 11 is 0. The summed E-state index contributed by atoms with van der Waals surface area (Å²) in [7, 11) is 0. The van der Waals surface area contributed by atoms with Crippen LogP contribution in [0, 0.1) is 6.92 Å². The number of ether oxygens (including phenoxy) is 1. The first-order valence-electron chi connectivity index (χ1n) is 6.44. The highest BCUT2D eigenvalue weighted by atomic mass is 19.4. The highest BCUT2D eigenvalue weighted by molar-refractivity contribution is 5.91. The van der Waals surface area contributed by atoms with Gasteiger partial charge >= 0.3 is 6.18 Å². The molecule has 2 rings (SSSR count). The minimum atomic E-state index is -4.50. The molecule has 0 fully saturated rings. The van der Waals surface area contributed by atoms with Crippen molar-refractivity contribution in [2.75, 3.05) is 25.1 Å². The normalized spacial score (nSPS) is 21.0. The fourth-order valence-corrected chi connectivity index (χ4v) is 2.58. The molecule has 0 bridgehead atoms. The molecule has 4 nitrogen and oxygen atoms in total. The Labute approximate surface area is 119 Å². The molecule has 21 heavy (non-hydrogen) atoms. The Hall–Kier alpha value is -1.60. The largest absolute Gasteiger partial charge is 0.416 e. The second kappa shape index (κ2) is 5.31. The molecule has 1 unspecified atom stereocenters. The van der Waals surface area contributed by atoms with Crippen molar-refractivity contribution in [2.24, 2.45) is 0 Å². The van der Waals surface area contributed by atoms with Gasteiger partial charge in [0.15, 0.2) is 11.4 Å². The van der Waals surface area contributed by atoms with E-state index >= 15 is 0 Å². The zero-order valence-corrected chi connectivity index (χ0v) is 11.7. The predicted molar refractivity (Wildman–Crippen MR) is 70.1 cm³/mol. The van der Waals surface area contributed by atoms with E-state index in [9.17, 15) is 18.0 Å². The number of carbonyl (C=O) groups is 1. The second-order valence-corrected chi connectivity index (χ2v) is 5.02. The van der Waals surface area contributed by atoms with Gasteiger partial charge in [0.2, 0.25) is 0 Å². The van der Waals surface area contributed by atoms with E-state index in [2.05, 4.69) is 5.32 Å². The molecule has 7 heteroatoms. The molecule has 0 aromatic heterocycles. The Morgan fingerprint density at radius 3 is 2.67 bits per heavy atom. The number of carbonyl (C=O) groups excluding carboxylic acids is 1. The smallest absolute Gasteiger partial charge is 0.394 e. The highest BCUT2D eigenvalue weighted by Crippen LogP contribution is 2.43. The van der Waals surface area contributed by atoms with Gasteiger partial charge in [-0.1, -0.05) is 0 Å². The zero-order valence-electron chi connectivity index (χ0n) is 11.7. The van der Waals surface area contributed by atoms with E-state index in [1.54, 1.807) is 6.92 Å². The zero-order chi connectivity index (χ0) is 15.8. The first-order chi connectivity index (χ1) is 9.72. The van der Waals surface area contributed by atoms with Crippen LogP contribution in [-0.4, -0.2) is 30.6 Å². The number of rotatable bonds is 4. The van der Waals surface area contributed by atoms with Gasteiger partial charge in [-0.25, -0.2) is 0 Å². The van der Waals surface area contributed by atoms with Crippen LogP contribution in [-0.2, 0) is 21.3 Å². The summed E-state index contributed by atoms with van der Waals surface area (Å²) in [6, 6.07) is 1.98. The predicted octanol–water partition coefficient (Wildman–Crippen LogP) is 2.23. The van der Waals surface area contributed by atoms with Gasteiger partial charge in [-0.15, -0.1) is 0 Å². The van der Waals surface area contributed by atoms with Crippen LogP contribution in [0.5, 0.6) is 0 Å². The van der Waals surface area contributed by atoms with Gasteiger partial charge in [0.1, 0.15) is 0 Å². The lowest BCUT2D eigenvalue weighted by molar-refractivity contribution is -0.144. The molecule has 1 aromatic carbocycles. The summed E-state index contributed by atoms with van der Waals surface area (Å²) < 4.78 is 44.3. The number of fused-ring (bicyclic) bond motifs is 1. The number of aliphatic hydroxyl groups is 1. The molecule has 0 saturated carbocycles. The van der Waals surface area contributed by atoms with Gasteiger partial charge < -0.3 is 15.2 Å². The molecule has 0 amide bonds. The van der Waals surface area contributed by atoms with Crippen LogP contribution >= 0.6 is 0 Å². The number of halogens is 3. The highest BCUT2D eigenvalue weighted by Gasteiger charge is 2.46. The van der Waals surface area contributed by atoms with Crippen molar-refractivity contribution in [2.45, 2.75) is 25.6 Å². The quantitative estimate of drug-likeness (QED) is 0.895. The summed E-state index contributed by atoms with van der Waals surface area (Å²) in [5, 5.41) is 11.8. The summed E-state index contributed by atoms with van der Waals surface area (Å²) in [6.07, 6.45) is -4.50. The number of anilines is 1. The molecule has 0 radical (unpaired) electrons. The second-order valence-electron chi connectivity index (χ2n) is 5.02. The topological polar surface area (TPSA) is 58.6 Å². The summed E-state index contributed by atoms with van der Waals surface area (Å²) in [4.78, 5) is 12.0. The Bertz CT molecular complexity index is 571. The van der Waals surface area contributed by atoms with E-state index in [0.717, 1.165) is 12.1 Å². The van der Waals surface area contributed by atoms with Crippen molar-refractivity contribution >= 4 is 11.5 Å². The SMILES string of the molecule is CC(=O)C1(OCCO)CNc2c(C)cc(C(F)(F)F)cc21. The molecule has 1 aliphatic rings. The average Bonchev–Trinajstić information content (AvgIpc) is 2.76. The fourth-order valence-electron chi connectivity index (χ4n) is 2.58. The van der Waals surface area contributed by atoms with Gasteiger partial charge in [-0.05, 0) is 31.5 Å². The lowest BCUT2D eigenvalue weighted by atomic mass is 9.89. The molecule has 1 aromatic rings. The molecule has 1 atom stereocenters. The maximum absolute atomic E-state index is 13.0. The minimum absolute atomic E-state index is 0.0554. The number of alkyl halides is 3. The van der Waals surface area contributed by atoms with Crippen LogP contribution in [0.15, 0.2) is 12.1 Å². The Morgan fingerprint density at radius 1 is 1.48 bits per heavy atom. The molecule has 2 N–H and O–H groups in total. The lowest BCUT2D eigenvalue weighted by Crippen LogP contribution is -2.40. The number of hydrogen-bond acceptors (Lipinski definition) is 4. The Kier molecular flexibility index (Phi) is 3.99. The van der Waals surface area contributed by atoms with Crippen LogP contribution < -0.4 is 5.32 Å². The van der Waals surface area contributed by atoms with Crippen molar-refractivity contribution < 1.29 is 27.8 Å². The van der Waals surface area contributed by atoms with Crippen molar-refractivity contribution in [3.63, 3.8) is 0 Å². The standard InChI is InChI=1S/C14H16F3NO3/c1-8-5-10(14(15,16)17)6-11-12(8)18-7-13(11,9(2)20)21-4-3-19/h5-6,18-19H,3-4,7H2,1-2H3. The number of benzene rings is 1. The first kappa shape index (κ1) is 15.8. The number of hydrogen-bond donors (Lipinski definition) is 2. The lowest BCUT2D eigenvalue weighted by Gasteiger charge is -2.27. The molecular formula is C14H16F3NO3. The van der Waals surface area contributed by atoms with Crippen molar-refractivity contribution in [3.8, 4) is 0 Å². The Morgan fingerprint density at radius 2 is 2.14 bits per heavy atom. The number of nitrogens with one attached hydrogen (secondary N) is 1. The number of aryl methyl sites for hydroxylation is 1. The van der Waals surface area contributed by atoms with Crippen LogP contribution in [0.1, 0.15) is 23.6 Å². The van der Waals surface area contributed by atoms with Crippen LogP contribution in [0.25, 0.3) is 0 Å². The monoisotopic (exact) mass is 303 g/mol. The third-order valence-electron chi connectivity index (χ3n) is 3.62. The molecule has 1 aliphatic heterocycles. The average molecular weight is 303 g/mol. The van der Waals surface area contributed by atoms with E-state index in [1.165, 1.54) is 6.92 Å². The molecule has 0 aliphatic carbocycles. The van der Waals surface area contributed by atoms with Crippen LogP contribution in [0.2, 0.25) is 0 Å². The number of aliphatic hydroxyl groups excluding tert-OH is 1. The Balaban J connectivity index is 2.59. The fraction of sp³-hybridized carbons (Fsp3) is 0.500. The molecule has 0 spiro atoms. The van der Waals surface area contributed by atoms with E-state index < -0.39 is 23.1 Å². The van der Waals surface area contributed by atoms with Gasteiger partial charge in [0.05, 0.1) is 25.3 Å². The molecule has 116 valence electrons. The summed E-state index contributed by atoms with van der Waals surface area (Å²) in [5.41, 5.74) is -1.24. The molecule has 1 heterocycles. The van der Waals surface area contributed by atoms with Crippen molar-refractivity contribution in [1.29, 1.82) is 0 Å². The van der Waals surface area contributed by atoms with E-state index in [4.69, 9.17) is 9.84 Å². The van der Waals surface area contributed by atoms with Crippen LogP contribution in [0.4, 0.5) is 18.9 Å². The van der Waals surface area contributed by atoms with E-state index in [-0.39, 0.29) is 25.3 Å². The number of ketones is 1. The van der Waals surface area contributed by atoms with Gasteiger partial charge in [0, 0.05) is 11.3 Å². The van der Waals surface area contributed by atoms with Crippen molar-refractivity contribution in [3.05, 3.63) is 28.8 Å². The summed E-state index contributed by atoms with van der Waals surface area (Å²) in [5.74, 6) is -0.402. The maximum atomic E-state index is 13.0. The van der Waals surface area contributed by atoms with Crippen LogP contribution in [0.3, 0.4) is 0 Å². The van der Waals surface area contributed by atoms with Gasteiger partial charge in [-0.2, -0.15) is 13.2 Å². The van der Waals surface area contributed by atoms with Gasteiger partial charge in [0.25, 0.3) is 0 Å². The minimum Gasteiger partial charge on any atom is -0.394 e. The first-order valence-corrected chi connectivity index (χ1v) is 6.44. The maximum Gasteiger partial charge on any atom is 0.416 e. The van der Waals surface area contributed by atoms with E-state index in [1.807, 2.05) is 0 Å². The summed E-state index contributed by atoms with van der Waals surface area (Å²) in [6.45, 7) is 2.42. The van der Waals surface area contributed by atoms with Crippen molar-refractivity contribution in [1.82, 2.24) is 0 Å². The molecular weight excluding hydrogens is 287 g/mol. The third-order valence-corrected chi connectivity index (χ3v) is 3.62. The molecule has 0 saturated heterocycles.